The number of primary amides is 1. The van der Waals surface area contributed by atoms with E-state index in [2.05, 4.69) is 16.4 Å². The van der Waals surface area contributed by atoms with E-state index in [1.54, 1.807) is 10.9 Å². The van der Waals surface area contributed by atoms with E-state index in [1.165, 1.54) is 0 Å². The van der Waals surface area contributed by atoms with Gasteiger partial charge in [-0.2, -0.15) is 5.26 Å². The predicted molar refractivity (Wildman–Crippen MR) is 57.4 cm³/mol. The van der Waals surface area contributed by atoms with Gasteiger partial charge in [0.05, 0.1) is 23.4 Å². The fraction of sp³-hybridized carbons (Fsp3) is 0.636. The molecule has 1 heterocycles. The molecule has 2 aliphatic rings. The molecule has 0 aromatic carbocycles. The van der Waals surface area contributed by atoms with Crippen LogP contribution in [0.2, 0.25) is 0 Å². The molecule has 2 saturated carbocycles. The van der Waals surface area contributed by atoms with Crippen LogP contribution in [0.15, 0.2) is 6.20 Å². The van der Waals surface area contributed by atoms with Crippen LogP contribution < -0.4 is 5.73 Å². The summed E-state index contributed by atoms with van der Waals surface area (Å²) in [7, 11) is 0. The highest BCUT2D eigenvalue weighted by Gasteiger charge is 2.50. The molecule has 1 aromatic rings. The van der Waals surface area contributed by atoms with Crippen LogP contribution in [0.25, 0.3) is 0 Å². The third kappa shape index (κ3) is 1.50. The van der Waals surface area contributed by atoms with E-state index in [-0.39, 0.29) is 5.91 Å². The lowest BCUT2D eigenvalue weighted by molar-refractivity contribution is -0.123. The first-order chi connectivity index (χ1) is 8.10. The number of rotatable bonds is 4. The SMILES string of the molecule is N#CC1(n2cc(CC3(C(N)=O)CC3)nn2)CC1. The smallest absolute Gasteiger partial charge is 0.224 e. The summed E-state index contributed by atoms with van der Waals surface area (Å²) >= 11 is 0. The summed E-state index contributed by atoms with van der Waals surface area (Å²) in [6.45, 7) is 0. The van der Waals surface area contributed by atoms with Crippen molar-refractivity contribution in [2.24, 2.45) is 11.1 Å². The van der Waals surface area contributed by atoms with Gasteiger partial charge in [-0.3, -0.25) is 4.79 Å². The Hall–Kier alpha value is -1.90. The van der Waals surface area contributed by atoms with Crippen LogP contribution in [-0.4, -0.2) is 20.9 Å². The third-order valence-electron chi connectivity index (χ3n) is 3.81. The number of nitrogens with zero attached hydrogens (tertiary/aromatic N) is 4. The molecule has 0 spiro atoms. The summed E-state index contributed by atoms with van der Waals surface area (Å²) in [6.07, 6.45) is 5.64. The zero-order valence-electron chi connectivity index (χ0n) is 9.39. The Balaban J connectivity index is 1.78. The first kappa shape index (κ1) is 10.3. The molecular weight excluding hydrogens is 218 g/mol. The van der Waals surface area contributed by atoms with Gasteiger partial charge in [0, 0.05) is 6.42 Å². The molecule has 0 atom stereocenters. The van der Waals surface area contributed by atoms with Crippen molar-refractivity contribution >= 4 is 5.91 Å². The Morgan fingerprint density at radius 1 is 1.53 bits per heavy atom. The standard InChI is InChI=1S/C11H13N5O/c12-7-11(3-4-11)16-6-8(14-15-16)5-10(1-2-10)9(13)17/h6H,1-5H2,(H2,13,17). The minimum Gasteiger partial charge on any atom is -0.369 e. The van der Waals surface area contributed by atoms with Crippen molar-refractivity contribution in [3.05, 3.63) is 11.9 Å². The summed E-state index contributed by atoms with van der Waals surface area (Å²) < 4.78 is 1.62. The lowest BCUT2D eigenvalue weighted by Crippen LogP contribution is -2.26. The molecule has 6 heteroatoms. The molecule has 3 rings (SSSR count). The summed E-state index contributed by atoms with van der Waals surface area (Å²) in [6, 6.07) is 2.25. The highest BCUT2D eigenvalue weighted by molar-refractivity contribution is 5.83. The van der Waals surface area contributed by atoms with Crippen molar-refractivity contribution in [3.8, 4) is 6.07 Å². The van der Waals surface area contributed by atoms with Gasteiger partial charge in [-0.1, -0.05) is 5.21 Å². The minimum atomic E-state index is -0.477. The Morgan fingerprint density at radius 2 is 2.24 bits per heavy atom. The molecule has 6 nitrogen and oxygen atoms in total. The molecule has 0 bridgehead atoms. The van der Waals surface area contributed by atoms with E-state index >= 15 is 0 Å². The molecule has 1 amide bonds. The lowest BCUT2D eigenvalue weighted by atomic mass is 10.0. The Kier molecular flexibility index (Phi) is 1.85. The van der Waals surface area contributed by atoms with Crippen molar-refractivity contribution < 1.29 is 4.79 Å². The van der Waals surface area contributed by atoms with E-state index in [1.807, 2.05) is 0 Å². The van der Waals surface area contributed by atoms with Crippen LogP contribution in [0.3, 0.4) is 0 Å². The molecule has 17 heavy (non-hydrogen) atoms. The quantitative estimate of drug-likeness (QED) is 0.794. The van der Waals surface area contributed by atoms with E-state index in [4.69, 9.17) is 11.0 Å². The fourth-order valence-electron chi connectivity index (χ4n) is 2.11. The van der Waals surface area contributed by atoms with Crippen molar-refractivity contribution in [1.29, 1.82) is 5.26 Å². The number of hydrogen-bond acceptors (Lipinski definition) is 4. The van der Waals surface area contributed by atoms with Crippen molar-refractivity contribution in [2.45, 2.75) is 37.6 Å². The summed E-state index contributed by atoms with van der Waals surface area (Å²) in [5.74, 6) is -0.256. The number of hydrogen-bond donors (Lipinski definition) is 1. The second-order valence-electron chi connectivity index (χ2n) is 5.12. The van der Waals surface area contributed by atoms with Gasteiger partial charge in [-0.15, -0.1) is 5.10 Å². The van der Waals surface area contributed by atoms with E-state index < -0.39 is 11.0 Å². The first-order valence-corrected chi connectivity index (χ1v) is 5.73. The Labute approximate surface area is 98.4 Å². The van der Waals surface area contributed by atoms with Gasteiger partial charge in [-0.25, -0.2) is 4.68 Å². The van der Waals surface area contributed by atoms with Gasteiger partial charge in [0.15, 0.2) is 5.54 Å². The van der Waals surface area contributed by atoms with Crippen LogP contribution >= 0.6 is 0 Å². The summed E-state index contributed by atoms with van der Waals surface area (Å²) in [5.41, 5.74) is 5.24. The molecule has 2 N–H and O–H groups in total. The lowest BCUT2D eigenvalue weighted by Gasteiger charge is -2.07. The average Bonchev–Trinajstić information content (AvgIpc) is 3.19. The molecule has 1 aromatic heterocycles. The second kappa shape index (κ2) is 3.06. The molecule has 88 valence electrons. The van der Waals surface area contributed by atoms with Crippen LogP contribution in [0.1, 0.15) is 31.4 Å². The average molecular weight is 231 g/mol. The maximum atomic E-state index is 11.3. The van der Waals surface area contributed by atoms with Crippen LogP contribution in [0, 0.1) is 16.7 Å². The highest BCUT2D eigenvalue weighted by Crippen LogP contribution is 2.48. The maximum Gasteiger partial charge on any atom is 0.224 e. The first-order valence-electron chi connectivity index (χ1n) is 5.73. The number of nitriles is 1. The predicted octanol–water partition coefficient (Wildman–Crippen LogP) is 0.0988. The fourth-order valence-corrected chi connectivity index (χ4v) is 2.11. The molecule has 2 fully saturated rings. The van der Waals surface area contributed by atoms with Crippen molar-refractivity contribution in [3.63, 3.8) is 0 Å². The van der Waals surface area contributed by atoms with Gasteiger partial charge < -0.3 is 5.73 Å². The van der Waals surface area contributed by atoms with Crippen molar-refractivity contribution in [2.75, 3.05) is 0 Å². The van der Waals surface area contributed by atoms with E-state index in [0.29, 0.717) is 6.42 Å². The molecule has 0 unspecified atom stereocenters. The summed E-state index contributed by atoms with van der Waals surface area (Å²) in [5, 5.41) is 17.1. The largest absolute Gasteiger partial charge is 0.369 e. The number of carbonyl (C=O) groups is 1. The summed E-state index contributed by atoms with van der Waals surface area (Å²) in [4.78, 5) is 11.3. The molecular formula is C11H13N5O. The number of nitrogens with two attached hydrogens (primary N) is 1. The Morgan fingerprint density at radius 3 is 2.71 bits per heavy atom. The van der Waals surface area contributed by atoms with Crippen molar-refractivity contribution in [1.82, 2.24) is 15.0 Å². The van der Waals surface area contributed by atoms with E-state index in [0.717, 1.165) is 31.4 Å². The zero-order chi connectivity index (χ0) is 12.1. The van der Waals surface area contributed by atoms with E-state index in [9.17, 15) is 4.79 Å². The number of amides is 1. The number of aromatic nitrogens is 3. The van der Waals surface area contributed by atoms with Gasteiger partial charge in [0.2, 0.25) is 5.91 Å². The zero-order valence-corrected chi connectivity index (χ0v) is 9.39. The Bertz CT molecular complexity index is 518. The van der Waals surface area contributed by atoms with Gasteiger partial charge in [0.25, 0.3) is 0 Å². The van der Waals surface area contributed by atoms with Gasteiger partial charge >= 0.3 is 0 Å². The molecule has 0 aliphatic heterocycles. The van der Waals surface area contributed by atoms with Gasteiger partial charge in [-0.05, 0) is 25.7 Å². The molecule has 0 saturated heterocycles. The highest BCUT2D eigenvalue weighted by atomic mass is 16.1. The number of carbonyl (C=O) groups excluding carboxylic acids is 1. The molecule has 2 aliphatic carbocycles. The van der Waals surface area contributed by atoms with Crippen LogP contribution in [0.5, 0.6) is 0 Å². The van der Waals surface area contributed by atoms with Crippen LogP contribution in [0.4, 0.5) is 0 Å². The van der Waals surface area contributed by atoms with Gasteiger partial charge in [0.1, 0.15) is 0 Å². The second-order valence-corrected chi connectivity index (χ2v) is 5.12. The monoisotopic (exact) mass is 231 g/mol. The molecule has 0 radical (unpaired) electrons. The van der Waals surface area contributed by atoms with Crippen LogP contribution in [-0.2, 0) is 16.8 Å². The minimum absolute atomic E-state index is 0.256. The normalized spacial score (nSPS) is 22.8. The third-order valence-corrected chi connectivity index (χ3v) is 3.81. The topological polar surface area (TPSA) is 97.6 Å². The maximum absolute atomic E-state index is 11.3.